The van der Waals surface area contributed by atoms with Gasteiger partial charge in [0, 0.05) is 20.8 Å². The number of hydrogen-bond acceptors (Lipinski definition) is 2. The normalized spacial score (nSPS) is 11.8. The molecule has 0 radical (unpaired) electrons. The minimum atomic E-state index is -4.43. The summed E-state index contributed by atoms with van der Waals surface area (Å²) in [6.07, 6.45) is -4.43. The van der Waals surface area contributed by atoms with Crippen LogP contribution in [0.25, 0.3) is 11.3 Å². The summed E-state index contributed by atoms with van der Waals surface area (Å²) in [7, 11) is 0. The third-order valence-corrected chi connectivity index (χ3v) is 3.91. The molecule has 0 saturated heterocycles. The van der Waals surface area contributed by atoms with E-state index in [-0.39, 0.29) is 10.8 Å². The quantitative estimate of drug-likeness (QED) is 0.645. The van der Waals surface area contributed by atoms with E-state index in [9.17, 15) is 13.2 Å². The Morgan fingerprint density at radius 1 is 1.24 bits per heavy atom. The van der Waals surface area contributed by atoms with Crippen LogP contribution in [0, 0.1) is 0 Å². The molecule has 0 aliphatic rings. The largest absolute Gasteiger partial charge is 0.416 e. The van der Waals surface area contributed by atoms with Gasteiger partial charge in [-0.15, -0.1) is 0 Å². The van der Waals surface area contributed by atoms with Crippen LogP contribution in [0.2, 0.25) is 5.15 Å². The lowest BCUT2D eigenvalue weighted by Crippen LogP contribution is -2.05. The highest BCUT2D eigenvalue weighted by Gasteiger charge is 2.31. The molecule has 2 heterocycles. The molecule has 17 heavy (non-hydrogen) atoms. The van der Waals surface area contributed by atoms with Crippen molar-refractivity contribution in [1.29, 1.82) is 0 Å². The molecule has 0 aliphatic heterocycles. The fourth-order valence-corrected chi connectivity index (χ4v) is 2.96. The van der Waals surface area contributed by atoms with Gasteiger partial charge in [-0.1, -0.05) is 11.6 Å². The van der Waals surface area contributed by atoms with E-state index in [1.165, 1.54) is 11.3 Å². The molecule has 0 aliphatic carbocycles. The Hall–Kier alpha value is -0.590. The van der Waals surface area contributed by atoms with Crippen molar-refractivity contribution in [2.75, 3.05) is 0 Å². The van der Waals surface area contributed by atoms with Gasteiger partial charge >= 0.3 is 6.18 Å². The summed E-state index contributed by atoms with van der Waals surface area (Å²) in [4.78, 5) is 3.89. The lowest BCUT2D eigenvalue weighted by atomic mass is 10.1. The molecule has 0 spiro atoms. The van der Waals surface area contributed by atoms with Gasteiger partial charge in [-0.2, -0.15) is 24.5 Å². The Morgan fingerprint density at radius 3 is 2.47 bits per heavy atom. The first kappa shape index (κ1) is 12.9. The van der Waals surface area contributed by atoms with Gasteiger partial charge in [-0.3, -0.25) is 0 Å². The highest BCUT2D eigenvalue weighted by atomic mass is 79.9. The number of rotatable bonds is 1. The highest BCUT2D eigenvalue weighted by molar-refractivity contribution is 9.10. The Balaban J connectivity index is 2.57. The van der Waals surface area contributed by atoms with Gasteiger partial charge in [0.2, 0.25) is 0 Å². The highest BCUT2D eigenvalue weighted by Crippen LogP contribution is 2.36. The van der Waals surface area contributed by atoms with Gasteiger partial charge in [0.15, 0.2) is 0 Å². The summed E-state index contributed by atoms with van der Waals surface area (Å²) in [5.41, 5.74) is 0.00606. The minimum absolute atomic E-state index is 0.173. The second-order valence-electron chi connectivity index (χ2n) is 3.19. The van der Waals surface area contributed by atoms with Crippen molar-refractivity contribution in [3.05, 3.63) is 38.1 Å². The predicted octanol–water partition coefficient (Wildman–Crippen LogP) is 5.24. The topological polar surface area (TPSA) is 12.9 Å². The van der Waals surface area contributed by atoms with E-state index < -0.39 is 11.7 Å². The summed E-state index contributed by atoms with van der Waals surface area (Å²) < 4.78 is 38.5. The van der Waals surface area contributed by atoms with Crippen molar-refractivity contribution in [2.45, 2.75) is 6.18 Å². The minimum Gasteiger partial charge on any atom is -0.236 e. The second kappa shape index (κ2) is 4.59. The SMILES string of the molecule is FC(F)(F)c1cc(Cl)nc(-c2cscc2Br)c1. The first-order valence-electron chi connectivity index (χ1n) is 4.35. The molecule has 0 bridgehead atoms. The number of halogens is 5. The van der Waals surface area contributed by atoms with E-state index in [1.54, 1.807) is 10.8 Å². The average Bonchev–Trinajstić information content (AvgIpc) is 2.62. The van der Waals surface area contributed by atoms with Gasteiger partial charge in [0.25, 0.3) is 0 Å². The maximum Gasteiger partial charge on any atom is 0.416 e. The van der Waals surface area contributed by atoms with Gasteiger partial charge in [-0.25, -0.2) is 4.98 Å². The molecule has 0 unspecified atom stereocenters. The van der Waals surface area contributed by atoms with E-state index in [2.05, 4.69) is 20.9 Å². The lowest BCUT2D eigenvalue weighted by molar-refractivity contribution is -0.137. The Morgan fingerprint density at radius 2 is 1.94 bits per heavy atom. The second-order valence-corrected chi connectivity index (χ2v) is 5.18. The Kier molecular flexibility index (Phi) is 3.47. The maximum atomic E-state index is 12.6. The monoisotopic (exact) mass is 341 g/mol. The summed E-state index contributed by atoms with van der Waals surface area (Å²) in [5.74, 6) is 0. The van der Waals surface area contributed by atoms with Gasteiger partial charge < -0.3 is 0 Å². The molecule has 90 valence electrons. The molecule has 1 nitrogen and oxygen atoms in total. The molecule has 0 aromatic carbocycles. The molecule has 2 aromatic heterocycles. The van der Waals surface area contributed by atoms with Gasteiger partial charge in [0.1, 0.15) is 5.15 Å². The molecule has 0 atom stereocenters. The van der Waals surface area contributed by atoms with Crippen LogP contribution >= 0.6 is 38.9 Å². The zero-order chi connectivity index (χ0) is 12.6. The smallest absolute Gasteiger partial charge is 0.236 e. The van der Waals surface area contributed by atoms with E-state index >= 15 is 0 Å². The van der Waals surface area contributed by atoms with Crippen LogP contribution in [-0.4, -0.2) is 4.98 Å². The molecular formula is C10H4BrClF3NS. The van der Waals surface area contributed by atoms with Crippen LogP contribution < -0.4 is 0 Å². The van der Waals surface area contributed by atoms with Crippen LogP contribution in [0.1, 0.15) is 5.56 Å². The fourth-order valence-electron chi connectivity index (χ4n) is 1.26. The van der Waals surface area contributed by atoms with E-state index in [0.717, 1.165) is 12.1 Å². The molecule has 0 N–H and O–H groups in total. The number of pyridine rings is 1. The molecule has 7 heteroatoms. The van der Waals surface area contributed by atoms with Crippen molar-refractivity contribution >= 4 is 38.9 Å². The van der Waals surface area contributed by atoms with Crippen LogP contribution in [0.5, 0.6) is 0 Å². The van der Waals surface area contributed by atoms with E-state index in [0.29, 0.717) is 10.0 Å². The Bertz CT molecular complexity index is 553. The lowest BCUT2D eigenvalue weighted by Gasteiger charge is -2.08. The average molecular weight is 343 g/mol. The summed E-state index contributed by atoms with van der Waals surface area (Å²) in [5, 5.41) is 3.31. The van der Waals surface area contributed by atoms with E-state index in [4.69, 9.17) is 11.6 Å². The maximum absolute atomic E-state index is 12.6. The molecule has 2 aromatic rings. The van der Waals surface area contributed by atoms with Gasteiger partial charge in [-0.05, 0) is 28.1 Å². The number of nitrogens with zero attached hydrogens (tertiary/aromatic N) is 1. The molecular weight excluding hydrogens is 339 g/mol. The van der Waals surface area contributed by atoms with Crippen molar-refractivity contribution in [2.24, 2.45) is 0 Å². The van der Waals surface area contributed by atoms with Crippen LogP contribution in [0.15, 0.2) is 27.4 Å². The fraction of sp³-hybridized carbons (Fsp3) is 0.100. The van der Waals surface area contributed by atoms with Gasteiger partial charge in [0.05, 0.1) is 11.3 Å². The van der Waals surface area contributed by atoms with Crippen molar-refractivity contribution in [3.8, 4) is 11.3 Å². The predicted molar refractivity (Wildman–Crippen MR) is 65.3 cm³/mol. The zero-order valence-corrected chi connectivity index (χ0v) is 11.2. The summed E-state index contributed by atoms with van der Waals surface area (Å²) in [6, 6.07) is 1.80. The van der Waals surface area contributed by atoms with Crippen LogP contribution in [0.3, 0.4) is 0 Å². The van der Waals surface area contributed by atoms with Crippen molar-refractivity contribution in [3.63, 3.8) is 0 Å². The molecule has 0 amide bonds. The van der Waals surface area contributed by atoms with E-state index in [1.807, 2.05) is 0 Å². The number of alkyl halides is 3. The first-order valence-corrected chi connectivity index (χ1v) is 6.46. The number of aromatic nitrogens is 1. The van der Waals surface area contributed by atoms with Crippen molar-refractivity contribution < 1.29 is 13.2 Å². The standard InChI is InChI=1S/C10H4BrClF3NS/c11-7-4-17-3-6(7)8-1-5(10(13,14)15)2-9(12)16-8/h1-4H. The van der Waals surface area contributed by atoms with Crippen molar-refractivity contribution in [1.82, 2.24) is 4.98 Å². The molecule has 0 fully saturated rings. The number of thiophene rings is 1. The van der Waals surface area contributed by atoms with Crippen LogP contribution in [0.4, 0.5) is 13.2 Å². The molecule has 0 saturated carbocycles. The number of hydrogen-bond donors (Lipinski definition) is 0. The summed E-state index contributed by atoms with van der Waals surface area (Å²) >= 11 is 10.2. The third kappa shape index (κ3) is 2.81. The third-order valence-electron chi connectivity index (χ3n) is 2.01. The van der Waals surface area contributed by atoms with Crippen LogP contribution in [-0.2, 0) is 6.18 Å². The summed E-state index contributed by atoms with van der Waals surface area (Å²) in [6.45, 7) is 0. The zero-order valence-electron chi connectivity index (χ0n) is 8.05. The first-order chi connectivity index (χ1) is 7.88. The molecule has 2 rings (SSSR count). The Labute approximate surface area is 112 Å².